The Morgan fingerprint density at radius 2 is 2.11 bits per heavy atom. The minimum absolute atomic E-state index is 0.262. The number of ether oxygens (including phenoxy) is 1. The van der Waals surface area contributed by atoms with Crippen molar-refractivity contribution in [2.75, 3.05) is 6.61 Å². The van der Waals surface area contributed by atoms with Crippen molar-refractivity contribution in [2.45, 2.75) is 57.3 Å². The average Bonchev–Trinajstić information content (AvgIpc) is 2.39. The first-order valence-electron chi connectivity index (χ1n) is 7.27. The lowest BCUT2D eigenvalue weighted by atomic mass is 9.76. The molecule has 2 aliphatic rings. The van der Waals surface area contributed by atoms with E-state index in [9.17, 15) is 0 Å². The first-order valence-corrected chi connectivity index (χ1v) is 7.27. The van der Waals surface area contributed by atoms with Gasteiger partial charge in [0.15, 0.2) is 0 Å². The number of hydrogen-bond acceptors (Lipinski definition) is 1. The van der Waals surface area contributed by atoms with Gasteiger partial charge in [0, 0.05) is 5.56 Å². The van der Waals surface area contributed by atoms with Crippen LogP contribution in [0.2, 0.25) is 0 Å². The van der Waals surface area contributed by atoms with Crippen LogP contribution in [0, 0.1) is 6.42 Å². The van der Waals surface area contributed by atoms with Gasteiger partial charge in [0.05, 0.1) is 6.61 Å². The summed E-state index contributed by atoms with van der Waals surface area (Å²) >= 11 is 0. The summed E-state index contributed by atoms with van der Waals surface area (Å²) < 4.78 is 5.79. The smallest absolute Gasteiger partial charge is 0.123 e. The van der Waals surface area contributed by atoms with Crippen LogP contribution < -0.4 is 4.74 Å². The van der Waals surface area contributed by atoms with Crippen LogP contribution in [0.4, 0.5) is 0 Å². The predicted octanol–water partition coefficient (Wildman–Crippen LogP) is 4.61. The molecule has 18 heavy (non-hydrogen) atoms. The van der Waals surface area contributed by atoms with Crippen LogP contribution in [-0.2, 0) is 5.41 Å². The fourth-order valence-corrected chi connectivity index (χ4v) is 3.23. The summed E-state index contributed by atoms with van der Waals surface area (Å²) in [4.78, 5) is 0. The fraction of sp³-hybridized carbons (Fsp3) is 0.588. The molecule has 1 unspecified atom stereocenters. The quantitative estimate of drug-likeness (QED) is 0.700. The molecule has 97 valence electrons. The minimum atomic E-state index is 0.262. The van der Waals surface area contributed by atoms with Crippen molar-refractivity contribution in [1.29, 1.82) is 0 Å². The highest BCUT2D eigenvalue weighted by Gasteiger charge is 2.29. The van der Waals surface area contributed by atoms with E-state index in [1.807, 2.05) is 0 Å². The van der Waals surface area contributed by atoms with Crippen molar-refractivity contribution in [1.82, 2.24) is 0 Å². The van der Waals surface area contributed by atoms with Crippen LogP contribution >= 0.6 is 0 Å². The van der Waals surface area contributed by atoms with Gasteiger partial charge in [-0.1, -0.05) is 38.8 Å². The molecule has 0 amide bonds. The van der Waals surface area contributed by atoms with E-state index < -0.39 is 0 Å². The topological polar surface area (TPSA) is 9.23 Å². The maximum Gasteiger partial charge on any atom is 0.123 e. The maximum atomic E-state index is 5.79. The lowest BCUT2D eigenvalue weighted by molar-refractivity contribution is 0.234. The zero-order valence-corrected chi connectivity index (χ0v) is 11.5. The van der Waals surface area contributed by atoms with Crippen molar-refractivity contribution in [3.8, 4) is 5.75 Å². The van der Waals surface area contributed by atoms with Crippen molar-refractivity contribution in [2.24, 2.45) is 0 Å². The third kappa shape index (κ3) is 2.15. The van der Waals surface area contributed by atoms with Gasteiger partial charge in [0.25, 0.3) is 0 Å². The standard InChI is InChI=1S/C17H23O/c1-17(2)10-11-18-16-9-8-14(12-15(16)17)13-6-4-3-5-7-13/h6,8-9,12-13H,3-5,7,10-11H2,1-2H3. The molecule has 1 nitrogen and oxygen atoms in total. The molecule has 3 rings (SSSR count). The monoisotopic (exact) mass is 243 g/mol. The van der Waals surface area contributed by atoms with Crippen LogP contribution in [0.1, 0.15) is 63.0 Å². The number of benzene rings is 1. The molecule has 1 heterocycles. The Labute approximate surface area is 111 Å². The van der Waals surface area contributed by atoms with E-state index in [0.29, 0.717) is 5.92 Å². The lowest BCUT2D eigenvalue weighted by Crippen LogP contribution is -2.27. The molecule has 1 aliphatic carbocycles. The van der Waals surface area contributed by atoms with Crippen LogP contribution in [0.5, 0.6) is 5.75 Å². The normalized spacial score (nSPS) is 23.2. The molecule has 1 aromatic rings. The summed E-state index contributed by atoms with van der Waals surface area (Å²) in [6.45, 7) is 5.53. The molecule has 1 saturated carbocycles. The van der Waals surface area contributed by atoms with Crippen LogP contribution in [-0.4, -0.2) is 6.61 Å². The highest BCUT2D eigenvalue weighted by molar-refractivity contribution is 5.44. The number of hydrogen-bond donors (Lipinski definition) is 0. The Morgan fingerprint density at radius 1 is 1.22 bits per heavy atom. The summed E-state index contributed by atoms with van der Waals surface area (Å²) in [5.41, 5.74) is 3.16. The molecule has 0 aromatic heterocycles. The second kappa shape index (κ2) is 4.60. The van der Waals surface area contributed by atoms with Gasteiger partial charge in [-0.25, -0.2) is 0 Å². The molecular formula is C17H23O. The molecule has 1 aliphatic heterocycles. The maximum absolute atomic E-state index is 5.79. The summed E-state index contributed by atoms with van der Waals surface area (Å²) in [6, 6.07) is 6.86. The molecule has 1 radical (unpaired) electrons. The van der Waals surface area contributed by atoms with Crippen molar-refractivity contribution in [3.05, 3.63) is 35.7 Å². The molecule has 1 fully saturated rings. The van der Waals surface area contributed by atoms with E-state index in [1.54, 1.807) is 0 Å². The number of rotatable bonds is 1. The Morgan fingerprint density at radius 3 is 2.89 bits per heavy atom. The first kappa shape index (κ1) is 12.1. The molecule has 0 bridgehead atoms. The largest absolute Gasteiger partial charge is 0.493 e. The van der Waals surface area contributed by atoms with Gasteiger partial charge in [-0.3, -0.25) is 0 Å². The fourth-order valence-electron chi connectivity index (χ4n) is 3.23. The summed E-state index contributed by atoms with van der Waals surface area (Å²) in [5.74, 6) is 1.77. The SMILES string of the molecule is CC1(C)CCOc2ccc(C3[CH]CCCC3)cc21. The van der Waals surface area contributed by atoms with Gasteiger partial charge in [-0.05, 0) is 48.6 Å². The predicted molar refractivity (Wildman–Crippen MR) is 75.1 cm³/mol. The Kier molecular flexibility index (Phi) is 3.09. The second-order valence-electron chi connectivity index (χ2n) is 6.36. The van der Waals surface area contributed by atoms with E-state index in [-0.39, 0.29) is 5.41 Å². The van der Waals surface area contributed by atoms with E-state index >= 15 is 0 Å². The van der Waals surface area contributed by atoms with Crippen LogP contribution in [0.15, 0.2) is 18.2 Å². The second-order valence-corrected chi connectivity index (χ2v) is 6.36. The van der Waals surface area contributed by atoms with Crippen molar-refractivity contribution >= 4 is 0 Å². The lowest BCUT2D eigenvalue weighted by Gasteiger charge is -2.33. The van der Waals surface area contributed by atoms with Crippen molar-refractivity contribution in [3.63, 3.8) is 0 Å². The Bertz CT molecular complexity index is 427. The number of fused-ring (bicyclic) bond motifs is 1. The third-order valence-corrected chi connectivity index (χ3v) is 4.57. The highest BCUT2D eigenvalue weighted by atomic mass is 16.5. The van der Waals surface area contributed by atoms with E-state index in [4.69, 9.17) is 4.74 Å². The van der Waals surface area contributed by atoms with E-state index in [1.165, 1.54) is 36.8 Å². The first-order chi connectivity index (χ1) is 8.67. The zero-order valence-electron chi connectivity index (χ0n) is 11.5. The summed E-state index contributed by atoms with van der Waals surface area (Å²) in [5, 5.41) is 0. The summed E-state index contributed by atoms with van der Waals surface area (Å²) in [6.07, 6.45) is 8.97. The van der Waals surface area contributed by atoms with Gasteiger partial charge in [0.1, 0.15) is 5.75 Å². The van der Waals surface area contributed by atoms with Crippen molar-refractivity contribution < 1.29 is 4.74 Å². The molecule has 1 atom stereocenters. The highest BCUT2D eigenvalue weighted by Crippen LogP contribution is 2.41. The average molecular weight is 243 g/mol. The molecule has 1 aromatic carbocycles. The zero-order chi connectivity index (χ0) is 12.6. The molecular weight excluding hydrogens is 220 g/mol. The molecule has 1 heteroatoms. The van der Waals surface area contributed by atoms with Gasteiger partial charge in [0.2, 0.25) is 0 Å². The van der Waals surface area contributed by atoms with Crippen LogP contribution in [0.25, 0.3) is 0 Å². The van der Waals surface area contributed by atoms with E-state index in [2.05, 4.69) is 38.5 Å². The summed E-state index contributed by atoms with van der Waals surface area (Å²) in [7, 11) is 0. The van der Waals surface area contributed by atoms with Gasteiger partial charge < -0.3 is 4.74 Å². The molecule has 0 N–H and O–H groups in total. The van der Waals surface area contributed by atoms with E-state index in [0.717, 1.165) is 18.8 Å². The minimum Gasteiger partial charge on any atom is -0.493 e. The van der Waals surface area contributed by atoms with Gasteiger partial charge in [-0.15, -0.1) is 0 Å². The third-order valence-electron chi connectivity index (χ3n) is 4.57. The Hall–Kier alpha value is -0.980. The molecule has 0 spiro atoms. The Balaban J connectivity index is 1.93. The van der Waals surface area contributed by atoms with Crippen LogP contribution in [0.3, 0.4) is 0 Å². The van der Waals surface area contributed by atoms with Gasteiger partial charge in [-0.2, -0.15) is 0 Å². The molecule has 0 saturated heterocycles. The van der Waals surface area contributed by atoms with Gasteiger partial charge >= 0.3 is 0 Å².